The zero-order chi connectivity index (χ0) is 15.9. The van der Waals surface area contributed by atoms with Gasteiger partial charge in [-0.25, -0.2) is 0 Å². The lowest BCUT2D eigenvalue weighted by Gasteiger charge is -2.04. The van der Waals surface area contributed by atoms with Gasteiger partial charge in [-0.1, -0.05) is 32.0 Å². The molecule has 1 heterocycles. The van der Waals surface area contributed by atoms with E-state index in [2.05, 4.69) is 24.1 Å². The number of benzene rings is 1. The van der Waals surface area contributed by atoms with E-state index < -0.39 is 0 Å². The van der Waals surface area contributed by atoms with Gasteiger partial charge in [0.2, 0.25) is 17.5 Å². The van der Waals surface area contributed by atoms with Crippen molar-refractivity contribution in [3.63, 3.8) is 0 Å². The summed E-state index contributed by atoms with van der Waals surface area (Å²) in [5, 5.41) is 12.2. The summed E-state index contributed by atoms with van der Waals surface area (Å²) in [7, 11) is 1.62. The number of rotatable bonds is 6. The fraction of sp³-hybridized carbons (Fsp3) is 0.294. The molecule has 114 valence electrons. The summed E-state index contributed by atoms with van der Waals surface area (Å²) in [6.45, 7) is 4.88. The fourth-order valence-corrected chi connectivity index (χ4v) is 1.87. The Kier molecular flexibility index (Phi) is 5.21. The number of methoxy groups -OCH3 is 1. The number of oxazole rings is 1. The van der Waals surface area contributed by atoms with Crippen LogP contribution in [0.25, 0.3) is 12.2 Å². The van der Waals surface area contributed by atoms with Crippen LogP contribution in [0, 0.1) is 17.2 Å². The van der Waals surface area contributed by atoms with Crippen LogP contribution in [0.15, 0.2) is 28.7 Å². The zero-order valence-corrected chi connectivity index (χ0v) is 13.0. The molecule has 0 unspecified atom stereocenters. The van der Waals surface area contributed by atoms with Crippen molar-refractivity contribution in [3.8, 4) is 11.8 Å². The molecule has 0 spiro atoms. The maximum absolute atomic E-state index is 9.11. The minimum atomic E-state index is 0.264. The van der Waals surface area contributed by atoms with E-state index in [1.54, 1.807) is 13.2 Å². The Labute approximate surface area is 130 Å². The molecule has 0 amide bonds. The number of hydrogen-bond acceptors (Lipinski definition) is 5. The lowest BCUT2D eigenvalue weighted by Crippen LogP contribution is -2.08. The predicted molar refractivity (Wildman–Crippen MR) is 86.5 cm³/mol. The molecule has 0 fully saturated rings. The predicted octanol–water partition coefficient (Wildman–Crippen LogP) is 3.79. The smallest absolute Gasteiger partial charge is 0.232 e. The number of nitrogens with one attached hydrogen (secondary N) is 1. The second-order valence-corrected chi connectivity index (χ2v) is 5.19. The van der Waals surface area contributed by atoms with E-state index in [0.717, 1.165) is 17.9 Å². The normalized spacial score (nSPS) is 10.9. The highest BCUT2D eigenvalue weighted by molar-refractivity contribution is 5.70. The molecule has 0 bridgehead atoms. The molecular weight excluding hydrogens is 278 g/mol. The molecule has 2 aromatic rings. The highest BCUT2D eigenvalue weighted by Gasteiger charge is 2.11. The fourth-order valence-electron chi connectivity index (χ4n) is 1.87. The molecule has 0 saturated heterocycles. The van der Waals surface area contributed by atoms with Crippen LogP contribution in [0.2, 0.25) is 0 Å². The number of nitrogens with zero attached hydrogens (tertiary/aromatic N) is 2. The van der Waals surface area contributed by atoms with Crippen molar-refractivity contribution in [3.05, 3.63) is 41.4 Å². The van der Waals surface area contributed by atoms with Gasteiger partial charge in [-0.3, -0.25) is 0 Å². The van der Waals surface area contributed by atoms with Crippen molar-refractivity contribution < 1.29 is 9.15 Å². The van der Waals surface area contributed by atoms with Crippen LogP contribution in [-0.4, -0.2) is 18.6 Å². The molecule has 0 radical (unpaired) electrons. The summed E-state index contributed by atoms with van der Waals surface area (Å²) < 4.78 is 10.9. The van der Waals surface area contributed by atoms with E-state index in [0.29, 0.717) is 17.7 Å². The second-order valence-electron chi connectivity index (χ2n) is 5.19. The van der Waals surface area contributed by atoms with Crippen molar-refractivity contribution in [2.45, 2.75) is 13.8 Å². The Hall–Kier alpha value is -2.74. The molecule has 0 aliphatic heterocycles. The van der Waals surface area contributed by atoms with Gasteiger partial charge in [0.1, 0.15) is 11.8 Å². The first-order valence-electron chi connectivity index (χ1n) is 7.10. The highest BCUT2D eigenvalue weighted by atomic mass is 16.5. The standard InChI is InChI=1S/C17H19N3O2/c1-12(2)11-19-17-14(10-18)20-16(22-17)9-8-13-6-4-5-7-15(13)21-3/h4-9,12,19H,11H2,1-3H3/b9-8+. The molecule has 1 N–H and O–H groups in total. The Morgan fingerprint density at radius 3 is 2.82 bits per heavy atom. The summed E-state index contributed by atoms with van der Waals surface area (Å²) in [4.78, 5) is 4.16. The van der Waals surface area contributed by atoms with Crippen LogP contribution in [0.1, 0.15) is 31.0 Å². The molecule has 2 rings (SSSR count). The third-order valence-corrected chi connectivity index (χ3v) is 2.96. The van der Waals surface area contributed by atoms with Crippen LogP contribution in [0.3, 0.4) is 0 Å². The molecule has 1 aromatic carbocycles. The average Bonchev–Trinajstić information content (AvgIpc) is 2.93. The number of ether oxygens (including phenoxy) is 1. The minimum Gasteiger partial charge on any atom is -0.496 e. The van der Waals surface area contributed by atoms with Gasteiger partial charge in [-0.2, -0.15) is 10.2 Å². The van der Waals surface area contributed by atoms with E-state index in [9.17, 15) is 0 Å². The van der Waals surface area contributed by atoms with Crippen molar-refractivity contribution in [2.24, 2.45) is 5.92 Å². The number of para-hydroxylation sites is 1. The van der Waals surface area contributed by atoms with Crippen molar-refractivity contribution in [1.82, 2.24) is 4.98 Å². The van der Waals surface area contributed by atoms with E-state index in [1.807, 2.05) is 36.4 Å². The van der Waals surface area contributed by atoms with Crippen LogP contribution in [0.5, 0.6) is 5.75 Å². The van der Waals surface area contributed by atoms with Crippen LogP contribution in [0.4, 0.5) is 5.88 Å². The third-order valence-electron chi connectivity index (χ3n) is 2.96. The van der Waals surface area contributed by atoms with E-state index in [-0.39, 0.29) is 5.69 Å². The summed E-state index contributed by atoms with van der Waals surface area (Å²) in [6.07, 6.45) is 3.57. The lowest BCUT2D eigenvalue weighted by molar-refractivity contribution is 0.414. The topological polar surface area (TPSA) is 71.1 Å². The van der Waals surface area contributed by atoms with E-state index >= 15 is 0 Å². The Balaban J connectivity index is 2.19. The van der Waals surface area contributed by atoms with Gasteiger partial charge in [0, 0.05) is 18.2 Å². The van der Waals surface area contributed by atoms with Crippen LogP contribution >= 0.6 is 0 Å². The van der Waals surface area contributed by atoms with Gasteiger partial charge in [-0.15, -0.1) is 0 Å². The summed E-state index contributed by atoms with van der Waals surface area (Å²) in [5.41, 5.74) is 1.18. The Morgan fingerprint density at radius 2 is 2.14 bits per heavy atom. The third kappa shape index (κ3) is 3.89. The molecule has 22 heavy (non-hydrogen) atoms. The molecule has 5 heteroatoms. The summed E-state index contributed by atoms with van der Waals surface area (Å²) in [5.74, 6) is 2.01. The number of anilines is 1. The molecule has 5 nitrogen and oxygen atoms in total. The number of hydrogen-bond donors (Lipinski definition) is 1. The van der Waals surface area contributed by atoms with Crippen molar-refractivity contribution >= 4 is 18.0 Å². The monoisotopic (exact) mass is 297 g/mol. The summed E-state index contributed by atoms with van der Waals surface area (Å²) >= 11 is 0. The molecule has 1 aromatic heterocycles. The van der Waals surface area contributed by atoms with Gasteiger partial charge >= 0.3 is 0 Å². The van der Waals surface area contributed by atoms with Crippen LogP contribution in [-0.2, 0) is 0 Å². The van der Waals surface area contributed by atoms with Gasteiger partial charge in [0.05, 0.1) is 7.11 Å². The first kappa shape index (κ1) is 15.6. The van der Waals surface area contributed by atoms with E-state index in [4.69, 9.17) is 14.4 Å². The first-order valence-corrected chi connectivity index (χ1v) is 7.10. The van der Waals surface area contributed by atoms with Crippen LogP contribution < -0.4 is 10.1 Å². The van der Waals surface area contributed by atoms with Crippen molar-refractivity contribution in [1.29, 1.82) is 5.26 Å². The van der Waals surface area contributed by atoms with Gasteiger partial charge < -0.3 is 14.5 Å². The minimum absolute atomic E-state index is 0.264. The first-order chi connectivity index (χ1) is 10.6. The van der Waals surface area contributed by atoms with Crippen molar-refractivity contribution in [2.75, 3.05) is 19.0 Å². The second kappa shape index (κ2) is 7.32. The molecule has 0 aliphatic rings. The van der Waals surface area contributed by atoms with Gasteiger partial charge in [0.25, 0.3) is 0 Å². The van der Waals surface area contributed by atoms with E-state index in [1.165, 1.54) is 0 Å². The zero-order valence-electron chi connectivity index (χ0n) is 13.0. The Morgan fingerprint density at radius 1 is 1.36 bits per heavy atom. The molecule has 0 saturated carbocycles. The largest absolute Gasteiger partial charge is 0.496 e. The SMILES string of the molecule is COc1ccccc1/C=C/c1nc(C#N)c(NCC(C)C)o1. The molecule has 0 aliphatic carbocycles. The average molecular weight is 297 g/mol. The quantitative estimate of drug-likeness (QED) is 0.878. The molecule has 0 atom stereocenters. The maximum atomic E-state index is 9.11. The van der Waals surface area contributed by atoms with Gasteiger partial charge in [0.15, 0.2) is 0 Å². The summed E-state index contributed by atoms with van der Waals surface area (Å²) in [6, 6.07) is 9.68. The highest BCUT2D eigenvalue weighted by Crippen LogP contribution is 2.22. The molecular formula is C17H19N3O2. The van der Waals surface area contributed by atoms with Gasteiger partial charge in [-0.05, 0) is 18.1 Å². The maximum Gasteiger partial charge on any atom is 0.232 e. The number of nitriles is 1. The Bertz CT molecular complexity index is 696. The number of aromatic nitrogens is 1. The lowest BCUT2D eigenvalue weighted by atomic mass is 10.2.